The van der Waals surface area contributed by atoms with Gasteiger partial charge in [0.2, 0.25) is 5.95 Å². The van der Waals surface area contributed by atoms with Gasteiger partial charge < -0.3 is 10.2 Å². The molecule has 1 aromatic carbocycles. The number of benzene rings is 1. The Labute approximate surface area is 212 Å². The van der Waals surface area contributed by atoms with Crippen LogP contribution in [0.5, 0.6) is 0 Å². The molecule has 194 valence electrons. The molecular formula is C24H26F2N8O2S. The fourth-order valence-electron chi connectivity index (χ4n) is 4.27. The van der Waals surface area contributed by atoms with Gasteiger partial charge in [-0.15, -0.1) is 0 Å². The van der Waals surface area contributed by atoms with Crippen molar-refractivity contribution in [2.75, 3.05) is 23.5 Å². The van der Waals surface area contributed by atoms with E-state index in [1.54, 1.807) is 4.68 Å². The quantitative estimate of drug-likeness (QED) is 0.364. The van der Waals surface area contributed by atoms with E-state index in [9.17, 15) is 12.8 Å². The van der Waals surface area contributed by atoms with Crippen molar-refractivity contribution in [1.82, 2.24) is 29.9 Å². The Hall–Kier alpha value is -3.87. The Morgan fingerprint density at radius 3 is 2.43 bits per heavy atom. The number of rotatable bonds is 7. The molecule has 3 heterocycles. The summed E-state index contributed by atoms with van der Waals surface area (Å²) in [6.07, 6.45) is 4.61. The number of anilines is 4. The summed E-state index contributed by atoms with van der Waals surface area (Å²) >= 11 is 0. The van der Waals surface area contributed by atoms with Gasteiger partial charge in [-0.3, -0.25) is 9.78 Å². The third kappa shape index (κ3) is 4.78. The van der Waals surface area contributed by atoms with Crippen molar-refractivity contribution >= 4 is 33.1 Å². The summed E-state index contributed by atoms with van der Waals surface area (Å²) in [6.45, 7) is 3.75. The minimum Gasteiger partial charge on any atom is -0.323 e. The molecule has 0 saturated heterocycles. The first-order valence-electron chi connectivity index (χ1n) is 11.6. The van der Waals surface area contributed by atoms with E-state index in [1.165, 1.54) is 11.9 Å². The number of nitrogens with one attached hydrogen (secondary N) is 2. The third-order valence-corrected chi connectivity index (χ3v) is 7.31. The van der Waals surface area contributed by atoms with Crippen LogP contribution in [0, 0.1) is 25.5 Å². The molecule has 5 rings (SSSR count). The second-order valence-electron chi connectivity index (χ2n) is 9.34. The number of H-pyrrole nitrogens is 1. The monoisotopic (exact) mass is 528 g/mol. The lowest BCUT2D eigenvalue weighted by Crippen LogP contribution is -2.18. The maximum atomic E-state index is 15.1. The van der Waals surface area contributed by atoms with E-state index in [2.05, 4.69) is 20.6 Å². The Morgan fingerprint density at radius 2 is 1.86 bits per heavy atom. The van der Waals surface area contributed by atoms with Gasteiger partial charge in [-0.25, -0.2) is 22.2 Å². The molecule has 0 unspecified atom stereocenters. The Bertz CT molecular complexity index is 1630. The first kappa shape index (κ1) is 24.8. The standard InChI is InChI=1S/C24H26F2N8O2S/c1-12-8-20(31-30-12)27-23-21(14-6-7-14)22(15-11-33(3)32-13(15)2)28-24(29-23)34(4)18-9-17(26)19(10-16(18)25)37(5,35)36/h8-11,14H,6-7H2,1-5H3,(H2,27,28,29,30,31). The molecule has 3 aromatic heterocycles. The van der Waals surface area contributed by atoms with Crippen LogP contribution in [0.15, 0.2) is 29.3 Å². The Balaban J connectivity index is 1.70. The maximum Gasteiger partial charge on any atom is 0.232 e. The average Bonchev–Trinajstić information content (AvgIpc) is 3.48. The number of hydrogen-bond donors (Lipinski definition) is 2. The number of nitrogens with zero attached hydrogens (tertiary/aromatic N) is 6. The van der Waals surface area contributed by atoms with Crippen LogP contribution in [0.2, 0.25) is 0 Å². The summed E-state index contributed by atoms with van der Waals surface area (Å²) in [5, 5.41) is 14.9. The summed E-state index contributed by atoms with van der Waals surface area (Å²) in [6, 6.07) is 3.34. The minimum atomic E-state index is -3.95. The van der Waals surface area contributed by atoms with Crippen LogP contribution >= 0.6 is 0 Å². The van der Waals surface area contributed by atoms with Crippen molar-refractivity contribution in [3.05, 3.63) is 53.0 Å². The topological polar surface area (TPSA) is 122 Å². The largest absolute Gasteiger partial charge is 0.323 e. The first-order chi connectivity index (χ1) is 17.4. The first-order valence-corrected chi connectivity index (χ1v) is 13.5. The third-order valence-electron chi connectivity index (χ3n) is 6.20. The van der Waals surface area contributed by atoms with Crippen molar-refractivity contribution in [3.8, 4) is 11.3 Å². The number of aromatic amines is 1. The summed E-state index contributed by atoms with van der Waals surface area (Å²) in [4.78, 5) is 10.1. The van der Waals surface area contributed by atoms with Gasteiger partial charge in [0.15, 0.2) is 15.7 Å². The summed E-state index contributed by atoms with van der Waals surface area (Å²) in [5.41, 5.74) is 3.73. The summed E-state index contributed by atoms with van der Waals surface area (Å²) < 4.78 is 55.2. The van der Waals surface area contributed by atoms with Crippen LogP contribution in [0.3, 0.4) is 0 Å². The van der Waals surface area contributed by atoms with E-state index in [1.807, 2.05) is 33.2 Å². The molecule has 0 spiro atoms. The Kier molecular flexibility index (Phi) is 5.97. The van der Waals surface area contributed by atoms with Gasteiger partial charge >= 0.3 is 0 Å². The molecule has 0 amide bonds. The highest BCUT2D eigenvalue weighted by atomic mass is 32.2. The molecule has 0 atom stereocenters. The fourth-order valence-corrected chi connectivity index (χ4v) is 5.00. The van der Waals surface area contributed by atoms with Crippen molar-refractivity contribution in [1.29, 1.82) is 0 Å². The predicted octanol–water partition coefficient (Wildman–Crippen LogP) is 4.29. The molecule has 13 heteroatoms. The van der Waals surface area contributed by atoms with Gasteiger partial charge in [0, 0.05) is 55.5 Å². The number of halogens is 2. The van der Waals surface area contributed by atoms with Crippen molar-refractivity contribution in [3.63, 3.8) is 0 Å². The van der Waals surface area contributed by atoms with Gasteiger partial charge in [-0.2, -0.15) is 15.2 Å². The molecule has 0 aliphatic heterocycles. The highest BCUT2D eigenvalue weighted by Crippen LogP contribution is 2.48. The SMILES string of the molecule is Cc1cc(Nc2nc(N(C)c3cc(F)c(S(C)(=O)=O)cc3F)nc(-c3cn(C)nc3C)c2C2CC2)n[nH]1. The van der Waals surface area contributed by atoms with Gasteiger partial charge in [0.05, 0.1) is 17.1 Å². The number of aryl methyl sites for hydroxylation is 3. The minimum absolute atomic E-state index is 0.0859. The lowest BCUT2D eigenvalue weighted by molar-refractivity contribution is 0.556. The molecule has 4 aromatic rings. The zero-order chi connectivity index (χ0) is 26.6. The van der Waals surface area contributed by atoms with E-state index >= 15 is 4.39 Å². The van der Waals surface area contributed by atoms with Crippen LogP contribution in [0.4, 0.5) is 32.1 Å². The molecule has 1 aliphatic carbocycles. The van der Waals surface area contributed by atoms with Crippen molar-refractivity contribution in [2.45, 2.75) is 37.5 Å². The van der Waals surface area contributed by atoms with Crippen molar-refractivity contribution < 1.29 is 17.2 Å². The van der Waals surface area contributed by atoms with Gasteiger partial charge in [0.25, 0.3) is 0 Å². The lowest BCUT2D eigenvalue weighted by atomic mass is 10.0. The lowest BCUT2D eigenvalue weighted by Gasteiger charge is -2.22. The molecule has 37 heavy (non-hydrogen) atoms. The van der Waals surface area contributed by atoms with Gasteiger partial charge in [-0.1, -0.05) is 0 Å². The van der Waals surface area contributed by atoms with E-state index in [0.717, 1.165) is 47.7 Å². The molecule has 10 nitrogen and oxygen atoms in total. The van der Waals surface area contributed by atoms with E-state index in [4.69, 9.17) is 9.97 Å². The fraction of sp³-hybridized carbons (Fsp3) is 0.333. The smallest absolute Gasteiger partial charge is 0.232 e. The maximum absolute atomic E-state index is 15.1. The molecule has 1 aliphatic rings. The molecule has 1 saturated carbocycles. The van der Waals surface area contributed by atoms with Crippen LogP contribution in [-0.4, -0.2) is 51.7 Å². The van der Waals surface area contributed by atoms with Crippen molar-refractivity contribution in [2.24, 2.45) is 7.05 Å². The van der Waals surface area contributed by atoms with Crippen LogP contribution in [-0.2, 0) is 16.9 Å². The van der Waals surface area contributed by atoms with Crippen LogP contribution in [0.1, 0.15) is 35.7 Å². The number of hydrogen-bond acceptors (Lipinski definition) is 8. The highest BCUT2D eigenvalue weighted by Gasteiger charge is 2.33. The number of sulfone groups is 1. The van der Waals surface area contributed by atoms with E-state index in [-0.39, 0.29) is 17.6 Å². The summed E-state index contributed by atoms with van der Waals surface area (Å²) in [7, 11) is -0.643. The number of aromatic nitrogens is 6. The second-order valence-corrected chi connectivity index (χ2v) is 11.3. The Morgan fingerprint density at radius 1 is 1.14 bits per heavy atom. The second kappa shape index (κ2) is 8.91. The zero-order valence-electron chi connectivity index (χ0n) is 21.0. The van der Waals surface area contributed by atoms with Gasteiger partial charge in [0.1, 0.15) is 22.3 Å². The van der Waals surface area contributed by atoms with Crippen LogP contribution < -0.4 is 10.2 Å². The highest BCUT2D eigenvalue weighted by molar-refractivity contribution is 7.90. The normalized spacial score (nSPS) is 13.7. The average molecular weight is 529 g/mol. The molecular weight excluding hydrogens is 502 g/mol. The zero-order valence-corrected chi connectivity index (χ0v) is 21.8. The molecule has 2 N–H and O–H groups in total. The molecule has 0 bridgehead atoms. The molecule has 1 fully saturated rings. The van der Waals surface area contributed by atoms with E-state index < -0.39 is 26.4 Å². The van der Waals surface area contributed by atoms with Crippen LogP contribution in [0.25, 0.3) is 11.3 Å². The van der Waals surface area contributed by atoms with E-state index in [0.29, 0.717) is 23.4 Å². The molecule has 0 radical (unpaired) electrons. The van der Waals surface area contributed by atoms with Gasteiger partial charge in [-0.05, 0) is 38.7 Å². The summed E-state index contributed by atoms with van der Waals surface area (Å²) in [5.74, 6) is -0.625. The predicted molar refractivity (Wildman–Crippen MR) is 135 cm³/mol.